The molecule has 1 amide bonds. The van der Waals surface area contributed by atoms with Crippen LogP contribution in [0.3, 0.4) is 0 Å². The summed E-state index contributed by atoms with van der Waals surface area (Å²) >= 11 is 1.82. The second kappa shape index (κ2) is 7.85. The first-order chi connectivity index (χ1) is 8.84. The Kier molecular flexibility index (Phi) is 6.08. The number of carbonyl (C=O) groups is 1. The molecule has 0 atom stereocenters. The minimum Gasteiger partial charge on any atom is -0.355 e. The Morgan fingerprint density at radius 3 is 3.00 bits per heavy atom. The molecule has 0 unspecified atom stereocenters. The number of carbonyl (C=O) groups excluding carboxylic acids is 1. The summed E-state index contributed by atoms with van der Waals surface area (Å²) < 4.78 is 0. The molecular formula is C14H24N2OS. The molecule has 0 radical (unpaired) electrons. The van der Waals surface area contributed by atoms with Crippen molar-refractivity contribution >= 4 is 17.7 Å². The van der Waals surface area contributed by atoms with E-state index in [2.05, 4.69) is 16.7 Å². The fourth-order valence-electron chi connectivity index (χ4n) is 2.53. The second-order valence-corrected chi connectivity index (χ2v) is 6.40. The molecule has 0 bridgehead atoms. The van der Waals surface area contributed by atoms with E-state index in [9.17, 15) is 4.79 Å². The van der Waals surface area contributed by atoms with Gasteiger partial charge in [-0.2, -0.15) is 0 Å². The van der Waals surface area contributed by atoms with Gasteiger partial charge in [0.05, 0.1) is 5.75 Å². The highest BCUT2D eigenvalue weighted by Crippen LogP contribution is 2.20. The maximum atomic E-state index is 11.7. The van der Waals surface area contributed by atoms with Crippen LogP contribution in [0.1, 0.15) is 38.5 Å². The van der Waals surface area contributed by atoms with Crippen LogP contribution in [0.5, 0.6) is 0 Å². The van der Waals surface area contributed by atoms with Gasteiger partial charge in [0.2, 0.25) is 5.91 Å². The van der Waals surface area contributed by atoms with Crippen molar-refractivity contribution < 1.29 is 4.79 Å². The molecule has 0 spiro atoms. The summed E-state index contributed by atoms with van der Waals surface area (Å²) in [5.74, 6) is 0.834. The molecule has 3 nitrogen and oxygen atoms in total. The lowest BCUT2D eigenvalue weighted by molar-refractivity contribution is -0.118. The Balaban J connectivity index is 1.51. The largest absolute Gasteiger partial charge is 0.355 e. The normalized spacial score (nSPS) is 20.8. The summed E-state index contributed by atoms with van der Waals surface area (Å²) in [6, 6.07) is 0. The van der Waals surface area contributed by atoms with Gasteiger partial charge in [-0.1, -0.05) is 11.6 Å². The molecule has 1 heterocycles. The topological polar surface area (TPSA) is 41.1 Å². The molecule has 0 aromatic heterocycles. The number of allylic oxidation sites excluding steroid dienone is 1. The van der Waals surface area contributed by atoms with Gasteiger partial charge >= 0.3 is 0 Å². The summed E-state index contributed by atoms with van der Waals surface area (Å²) in [5, 5.41) is 7.06. The Hall–Kier alpha value is -0.480. The van der Waals surface area contributed by atoms with Crippen molar-refractivity contribution in [1.29, 1.82) is 0 Å². The first kappa shape index (κ1) is 13.9. The highest BCUT2D eigenvalue weighted by molar-refractivity contribution is 8.00. The van der Waals surface area contributed by atoms with Gasteiger partial charge < -0.3 is 10.6 Å². The van der Waals surface area contributed by atoms with E-state index in [0.717, 1.165) is 26.1 Å². The molecule has 2 aliphatic rings. The number of rotatable bonds is 6. The summed E-state index contributed by atoms with van der Waals surface area (Å²) in [6.45, 7) is 3.03. The molecule has 0 saturated carbocycles. The minimum atomic E-state index is 0.206. The van der Waals surface area contributed by atoms with Crippen molar-refractivity contribution in [2.24, 2.45) is 0 Å². The van der Waals surface area contributed by atoms with Gasteiger partial charge in [0.15, 0.2) is 0 Å². The molecule has 0 aromatic rings. The fourth-order valence-corrected chi connectivity index (χ4v) is 3.59. The Morgan fingerprint density at radius 2 is 2.28 bits per heavy atom. The van der Waals surface area contributed by atoms with Crippen molar-refractivity contribution in [3.63, 3.8) is 0 Å². The smallest absolute Gasteiger partial charge is 0.230 e. The van der Waals surface area contributed by atoms with Gasteiger partial charge in [-0.15, -0.1) is 11.8 Å². The lowest BCUT2D eigenvalue weighted by Gasteiger charge is -2.21. The minimum absolute atomic E-state index is 0.206. The van der Waals surface area contributed by atoms with Crippen LogP contribution in [0, 0.1) is 0 Å². The summed E-state index contributed by atoms with van der Waals surface area (Å²) in [7, 11) is 0. The number of amides is 1. The predicted octanol–water partition coefficient (Wildman–Crippen LogP) is 2.09. The Morgan fingerprint density at radius 1 is 1.44 bits per heavy atom. The first-order valence-corrected chi connectivity index (χ1v) is 8.16. The monoisotopic (exact) mass is 268 g/mol. The van der Waals surface area contributed by atoms with Crippen LogP contribution >= 0.6 is 11.8 Å². The van der Waals surface area contributed by atoms with Gasteiger partial charge in [0.1, 0.15) is 0 Å². The third kappa shape index (κ3) is 5.02. The summed E-state index contributed by atoms with van der Waals surface area (Å²) in [6.07, 6.45) is 9.54. The molecule has 2 rings (SSSR count). The van der Waals surface area contributed by atoms with Crippen LogP contribution in [0.2, 0.25) is 0 Å². The van der Waals surface area contributed by atoms with Crippen molar-refractivity contribution in [2.75, 3.05) is 25.4 Å². The van der Waals surface area contributed by atoms with E-state index in [1.165, 1.54) is 37.7 Å². The molecule has 0 aromatic carbocycles. The maximum Gasteiger partial charge on any atom is 0.230 e. The fraction of sp³-hybridized carbons (Fsp3) is 0.786. The molecular weight excluding hydrogens is 244 g/mol. The van der Waals surface area contributed by atoms with E-state index < -0.39 is 0 Å². The van der Waals surface area contributed by atoms with E-state index in [0.29, 0.717) is 11.0 Å². The van der Waals surface area contributed by atoms with Crippen LogP contribution in [-0.2, 0) is 4.79 Å². The standard InChI is InChI=1S/C14H24N2OS/c17-14(11-18-13-6-8-15-9-7-13)16-10-5-12-3-1-2-4-12/h3,13,15H,1-2,4-11H2,(H,16,17). The van der Waals surface area contributed by atoms with Crippen LogP contribution < -0.4 is 10.6 Å². The van der Waals surface area contributed by atoms with Crippen LogP contribution in [0.15, 0.2) is 11.6 Å². The van der Waals surface area contributed by atoms with Gasteiger partial charge in [0.25, 0.3) is 0 Å². The van der Waals surface area contributed by atoms with E-state index >= 15 is 0 Å². The number of piperidine rings is 1. The number of hydrogen-bond acceptors (Lipinski definition) is 3. The van der Waals surface area contributed by atoms with Crippen molar-refractivity contribution in [1.82, 2.24) is 10.6 Å². The highest BCUT2D eigenvalue weighted by atomic mass is 32.2. The summed E-state index contributed by atoms with van der Waals surface area (Å²) in [4.78, 5) is 11.7. The number of nitrogens with one attached hydrogen (secondary N) is 2. The molecule has 4 heteroatoms. The first-order valence-electron chi connectivity index (χ1n) is 7.11. The van der Waals surface area contributed by atoms with Crippen LogP contribution in [0.25, 0.3) is 0 Å². The molecule has 1 saturated heterocycles. The predicted molar refractivity (Wildman–Crippen MR) is 77.9 cm³/mol. The van der Waals surface area contributed by atoms with Gasteiger partial charge in [-0.3, -0.25) is 4.79 Å². The van der Waals surface area contributed by atoms with E-state index in [1.807, 2.05) is 11.8 Å². The molecule has 102 valence electrons. The molecule has 2 N–H and O–H groups in total. The van der Waals surface area contributed by atoms with Crippen molar-refractivity contribution in [3.8, 4) is 0 Å². The average Bonchev–Trinajstić information content (AvgIpc) is 2.91. The maximum absolute atomic E-state index is 11.7. The van der Waals surface area contributed by atoms with Gasteiger partial charge in [-0.25, -0.2) is 0 Å². The average molecular weight is 268 g/mol. The Labute approximate surface area is 114 Å². The van der Waals surface area contributed by atoms with Crippen molar-refractivity contribution in [3.05, 3.63) is 11.6 Å². The lowest BCUT2D eigenvalue weighted by atomic mass is 10.2. The summed E-state index contributed by atoms with van der Waals surface area (Å²) in [5.41, 5.74) is 1.53. The lowest BCUT2D eigenvalue weighted by Crippen LogP contribution is -2.31. The Bertz CT molecular complexity index is 298. The van der Waals surface area contributed by atoms with Gasteiger partial charge in [0, 0.05) is 11.8 Å². The molecule has 1 aliphatic carbocycles. The SMILES string of the molecule is O=C(CSC1CCNCC1)NCCC1=CCCC1. The third-order valence-electron chi connectivity index (χ3n) is 3.64. The van der Waals surface area contributed by atoms with Crippen molar-refractivity contribution in [2.45, 2.75) is 43.8 Å². The van der Waals surface area contributed by atoms with Crippen LogP contribution in [0.4, 0.5) is 0 Å². The van der Waals surface area contributed by atoms with E-state index in [1.54, 1.807) is 0 Å². The third-order valence-corrected chi connectivity index (χ3v) is 5.01. The number of thioether (sulfide) groups is 1. The number of hydrogen-bond donors (Lipinski definition) is 2. The van der Waals surface area contributed by atoms with Crippen LogP contribution in [-0.4, -0.2) is 36.5 Å². The second-order valence-electron chi connectivity index (χ2n) is 5.11. The zero-order chi connectivity index (χ0) is 12.6. The van der Waals surface area contributed by atoms with Gasteiger partial charge in [-0.05, 0) is 51.6 Å². The van der Waals surface area contributed by atoms with E-state index in [4.69, 9.17) is 0 Å². The quantitative estimate of drug-likeness (QED) is 0.725. The molecule has 1 aliphatic heterocycles. The molecule has 18 heavy (non-hydrogen) atoms. The zero-order valence-electron chi connectivity index (χ0n) is 11.0. The zero-order valence-corrected chi connectivity index (χ0v) is 11.9. The molecule has 1 fully saturated rings. The van der Waals surface area contributed by atoms with E-state index in [-0.39, 0.29) is 5.91 Å². The highest BCUT2D eigenvalue weighted by Gasteiger charge is 2.14.